The first-order valence-electron chi connectivity index (χ1n) is 6.48. The van der Waals surface area contributed by atoms with Crippen LogP contribution in [-0.4, -0.2) is 4.98 Å². The molecule has 0 aliphatic heterocycles. The molecule has 0 aliphatic rings. The molecule has 0 saturated carbocycles. The first-order valence-corrected chi connectivity index (χ1v) is 6.48. The predicted octanol–water partition coefficient (Wildman–Crippen LogP) is 3.24. The van der Waals surface area contributed by atoms with E-state index in [0.29, 0.717) is 0 Å². The third kappa shape index (κ3) is 3.17. The van der Waals surface area contributed by atoms with Crippen molar-refractivity contribution in [2.75, 3.05) is 0 Å². The lowest BCUT2D eigenvalue weighted by Crippen LogP contribution is -2.14. The fourth-order valence-corrected chi connectivity index (χ4v) is 2.09. The van der Waals surface area contributed by atoms with Gasteiger partial charge in [-0.05, 0) is 41.7 Å². The van der Waals surface area contributed by atoms with Crippen molar-refractivity contribution in [3.8, 4) is 0 Å². The maximum atomic E-state index is 4.16. The Bertz CT molecular complexity index is 506. The topological polar surface area (TPSA) is 24.9 Å². The zero-order valence-corrected chi connectivity index (χ0v) is 11.1. The van der Waals surface area contributed by atoms with E-state index in [2.05, 4.69) is 54.5 Å². The molecule has 2 rings (SSSR count). The monoisotopic (exact) mass is 240 g/mol. The predicted molar refractivity (Wildman–Crippen MR) is 75.3 cm³/mol. The summed E-state index contributed by atoms with van der Waals surface area (Å²) >= 11 is 0. The molecule has 18 heavy (non-hydrogen) atoms. The number of benzene rings is 1. The number of aryl methyl sites for hydroxylation is 2. The van der Waals surface area contributed by atoms with Gasteiger partial charge in [0.25, 0.3) is 0 Å². The van der Waals surface area contributed by atoms with E-state index in [1.54, 1.807) is 0 Å². The molecule has 2 aromatic rings. The Morgan fingerprint density at radius 2 is 1.72 bits per heavy atom. The highest BCUT2D eigenvalue weighted by atomic mass is 14.9. The first kappa shape index (κ1) is 12.8. The zero-order chi connectivity index (χ0) is 12.8. The number of nitrogens with zero attached hydrogens (tertiary/aromatic N) is 1. The van der Waals surface area contributed by atoms with E-state index in [0.717, 1.165) is 19.5 Å². The van der Waals surface area contributed by atoms with Crippen LogP contribution in [0.3, 0.4) is 0 Å². The summed E-state index contributed by atoms with van der Waals surface area (Å²) < 4.78 is 0. The quantitative estimate of drug-likeness (QED) is 0.868. The van der Waals surface area contributed by atoms with Crippen LogP contribution in [0.1, 0.15) is 29.2 Å². The van der Waals surface area contributed by atoms with Crippen LogP contribution < -0.4 is 5.32 Å². The van der Waals surface area contributed by atoms with Gasteiger partial charge in [0, 0.05) is 25.5 Å². The second-order valence-electron chi connectivity index (χ2n) is 4.53. The second kappa shape index (κ2) is 6.31. The lowest BCUT2D eigenvalue weighted by molar-refractivity contribution is 0.684. The molecule has 0 amide bonds. The fraction of sp³-hybridized carbons (Fsp3) is 0.312. The summed E-state index contributed by atoms with van der Waals surface area (Å²) in [5, 5.41) is 3.49. The Labute approximate surface area is 109 Å². The molecule has 0 unspecified atom stereocenters. The largest absolute Gasteiger partial charge is 0.309 e. The Morgan fingerprint density at radius 3 is 2.44 bits per heavy atom. The van der Waals surface area contributed by atoms with E-state index >= 15 is 0 Å². The van der Waals surface area contributed by atoms with E-state index in [9.17, 15) is 0 Å². The Balaban J connectivity index is 1.95. The summed E-state index contributed by atoms with van der Waals surface area (Å²) in [6.07, 6.45) is 4.86. The van der Waals surface area contributed by atoms with Gasteiger partial charge >= 0.3 is 0 Å². The average molecular weight is 240 g/mol. The normalized spacial score (nSPS) is 10.6. The molecule has 0 atom stereocenters. The Kier molecular flexibility index (Phi) is 4.48. The van der Waals surface area contributed by atoms with Crippen LogP contribution in [0.2, 0.25) is 0 Å². The van der Waals surface area contributed by atoms with Crippen molar-refractivity contribution in [1.29, 1.82) is 0 Å². The van der Waals surface area contributed by atoms with Gasteiger partial charge in [-0.25, -0.2) is 0 Å². The SMILES string of the molecule is CCc1ccccc1CNCc1cnccc1C. The summed E-state index contributed by atoms with van der Waals surface area (Å²) in [6.45, 7) is 6.11. The number of nitrogens with one attached hydrogen (secondary N) is 1. The Hall–Kier alpha value is -1.67. The molecule has 1 N–H and O–H groups in total. The van der Waals surface area contributed by atoms with Crippen LogP contribution >= 0.6 is 0 Å². The number of hydrogen-bond donors (Lipinski definition) is 1. The molecule has 1 aromatic carbocycles. The van der Waals surface area contributed by atoms with Crippen LogP contribution in [0, 0.1) is 6.92 Å². The molecule has 0 aliphatic carbocycles. The molecule has 1 aromatic heterocycles. The maximum absolute atomic E-state index is 4.16. The van der Waals surface area contributed by atoms with Crippen molar-refractivity contribution in [2.45, 2.75) is 33.4 Å². The van der Waals surface area contributed by atoms with Gasteiger partial charge in [0.2, 0.25) is 0 Å². The number of hydrogen-bond acceptors (Lipinski definition) is 2. The highest BCUT2D eigenvalue weighted by Crippen LogP contribution is 2.10. The molecule has 0 saturated heterocycles. The van der Waals surface area contributed by atoms with Crippen molar-refractivity contribution in [2.24, 2.45) is 0 Å². The molecule has 1 heterocycles. The summed E-state index contributed by atoms with van der Waals surface area (Å²) in [4.78, 5) is 4.16. The van der Waals surface area contributed by atoms with Crippen molar-refractivity contribution < 1.29 is 0 Å². The summed E-state index contributed by atoms with van der Waals surface area (Å²) in [7, 11) is 0. The van der Waals surface area contributed by atoms with Gasteiger partial charge in [-0.2, -0.15) is 0 Å². The van der Waals surface area contributed by atoms with E-state index in [1.807, 2.05) is 12.4 Å². The highest BCUT2D eigenvalue weighted by molar-refractivity contribution is 5.27. The van der Waals surface area contributed by atoms with E-state index in [1.165, 1.54) is 22.3 Å². The average Bonchev–Trinajstić information content (AvgIpc) is 2.41. The van der Waals surface area contributed by atoms with Crippen LogP contribution in [-0.2, 0) is 19.5 Å². The van der Waals surface area contributed by atoms with E-state index in [-0.39, 0.29) is 0 Å². The van der Waals surface area contributed by atoms with Crippen LogP contribution in [0.15, 0.2) is 42.7 Å². The van der Waals surface area contributed by atoms with Crippen molar-refractivity contribution >= 4 is 0 Å². The zero-order valence-electron chi connectivity index (χ0n) is 11.1. The lowest BCUT2D eigenvalue weighted by atomic mass is 10.1. The van der Waals surface area contributed by atoms with Gasteiger partial charge < -0.3 is 5.32 Å². The molecule has 0 fully saturated rings. The third-order valence-electron chi connectivity index (χ3n) is 3.28. The second-order valence-corrected chi connectivity index (χ2v) is 4.53. The van der Waals surface area contributed by atoms with Gasteiger partial charge in [0.05, 0.1) is 0 Å². The summed E-state index contributed by atoms with van der Waals surface area (Å²) in [6, 6.07) is 10.7. The number of pyridine rings is 1. The number of aromatic nitrogens is 1. The van der Waals surface area contributed by atoms with Crippen LogP contribution in [0.25, 0.3) is 0 Å². The van der Waals surface area contributed by atoms with Gasteiger partial charge in [-0.3, -0.25) is 4.98 Å². The van der Waals surface area contributed by atoms with Gasteiger partial charge in [0.15, 0.2) is 0 Å². The van der Waals surface area contributed by atoms with Crippen molar-refractivity contribution in [1.82, 2.24) is 10.3 Å². The van der Waals surface area contributed by atoms with Crippen molar-refractivity contribution in [3.63, 3.8) is 0 Å². The molecule has 2 nitrogen and oxygen atoms in total. The van der Waals surface area contributed by atoms with Crippen LogP contribution in [0.5, 0.6) is 0 Å². The molecule has 2 heteroatoms. The Morgan fingerprint density at radius 1 is 1.00 bits per heavy atom. The smallest absolute Gasteiger partial charge is 0.0315 e. The molecular weight excluding hydrogens is 220 g/mol. The standard InChI is InChI=1S/C16H20N2/c1-3-14-6-4-5-7-15(14)10-18-12-16-11-17-9-8-13(16)2/h4-9,11,18H,3,10,12H2,1-2H3. The van der Waals surface area contributed by atoms with Gasteiger partial charge in [0.1, 0.15) is 0 Å². The number of rotatable bonds is 5. The van der Waals surface area contributed by atoms with Gasteiger partial charge in [-0.15, -0.1) is 0 Å². The molecule has 0 bridgehead atoms. The lowest BCUT2D eigenvalue weighted by Gasteiger charge is -2.10. The summed E-state index contributed by atoms with van der Waals surface area (Å²) in [5.74, 6) is 0. The fourth-order valence-electron chi connectivity index (χ4n) is 2.09. The van der Waals surface area contributed by atoms with Gasteiger partial charge in [-0.1, -0.05) is 31.2 Å². The highest BCUT2D eigenvalue weighted by Gasteiger charge is 2.00. The molecule has 0 spiro atoms. The molecule has 0 radical (unpaired) electrons. The van der Waals surface area contributed by atoms with E-state index in [4.69, 9.17) is 0 Å². The molecule has 94 valence electrons. The third-order valence-corrected chi connectivity index (χ3v) is 3.28. The minimum atomic E-state index is 0.873. The molecular formula is C16H20N2. The summed E-state index contributed by atoms with van der Waals surface area (Å²) in [5.41, 5.74) is 5.38. The van der Waals surface area contributed by atoms with Crippen LogP contribution in [0.4, 0.5) is 0 Å². The first-order chi connectivity index (χ1) is 8.81. The van der Waals surface area contributed by atoms with E-state index < -0.39 is 0 Å². The van der Waals surface area contributed by atoms with Crippen molar-refractivity contribution in [3.05, 3.63) is 65.0 Å². The minimum Gasteiger partial charge on any atom is -0.309 e. The minimum absolute atomic E-state index is 0.873. The maximum Gasteiger partial charge on any atom is 0.0315 e.